The molecule has 0 nitrogen and oxygen atoms in total. The molecule has 0 fully saturated rings. The van der Waals surface area contributed by atoms with Crippen molar-refractivity contribution in [3.8, 4) is 0 Å². The monoisotopic (exact) mass is 162 g/mol. The molecule has 0 aliphatic rings. The van der Waals surface area contributed by atoms with Crippen molar-refractivity contribution in [1.29, 1.82) is 0 Å². The molecule has 0 bridgehead atoms. The highest BCUT2D eigenvalue weighted by atomic mass is 28.2. The molecule has 1 rings (SSSR count). The highest BCUT2D eigenvalue weighted by Gasteiger charge is 1.95. The largest absolute Gasteiger partial charge is 0.0915 e. The van der Waals surface area contributed by atoms with Gasteiger partial charge in [0.2, 0.25) is 0 Å². The normalized spacial score (nSPS) is 9.36. The zero-order valence-corrected chi connectivity index (χ0v) is 8.39. The van der Waals surface area contributed by atoms with Crippen LogP contribution in [0.2, 0.25) is 6.55 Å². The van der Waals surface area contributed by atoms with Crippen molar-refractivity contribution < 1.29 is 0 Å². The van der Waals surface area contributed by atoms with Crippen LogP contribution in [0.25, 0.3) is 0 Å². The minimum Gasteiger partial charge on any atom is -0.0915 e. The fraction of sp³-hybridized carbons (Fsp3) is 0.300. The molecule has 1 heteroatoms. The topological polar surface area (TPSA) is 0 Å². The third-order valence-electron chi connectivity index (χ3n) is 1.96. The average molecular weight is 162 g/mol. The van der Waals surface area contributed by atoms with Gasteiger partial charge in [0.15, 0.2) is 0 Å². The van der Waals surface area contributed by atoms with Crippen LogP contribution in [0.1, 0.15) is 13.8 Å². The van der Waals surface area contributed by atoms with E-state index in [0.717, 1.165) is 0 Å². The Morgan fingerprint density at radius 1 is 1.09 bits per heavy atom. The Labute approximate surface area is 70.1 Å². The minimum atomic E-state index is -0.368. The van der Waals surface area contributed by atoms with Crippen molar-refractivity contribution in [3.05, 3.63) is 30.3 Å². The lowest BCUT2D eigenvalue weighted by molar-refractivity contribution is 1.75. The van der Waals surface area contributed by atoms with Gasteiger partial charge in [-0.05, 0) is 19.0 Å². The molecule has 0 N–H and O–H groups in total. The van der Waals surface area contributed by atoms with Crippen molar-refractivity contribution >= 4 is 18.8 Å². The smallest absolute Gasteiger partial charge is 0.0411 e. The Kier molecular flexibility index (Phi) is 2.77. The molecule has 0 heterocycles. The first kappa shape index (κ1) is 8.40. The molecule has 58 valence electrons. The van der Waals surface area contributed by atoms with E-state index in [2.05, 4.69) is 50.7 Å². The van der Waals surface area contributed by atoms with Crippen molar-refractivity contribution in [2.45, 2.75) is 20.4 Å². The second kappa shape index (κ2) is 3.63. The fourth-order valence-electron chi connectivity index (χ4n) is 0.977. The van der Waals surface area contributed by atoms with E-state index in [1.54, 1.807) is 5.17 Å². The zero-order chi connectivity index (χ0) is 8.27. The van der Waals surface area contributed by atoms with Gasteiger partial charge in [-0.15, -0.1) is 0 Å². The van der Waals surface area contributed by atoms with Gasteiger partial charge in [-0.1, -0.05) is 42.0 Å². The SMILES string of the molecule is CC(C)=[Si](C)c1ccccc1. The first-order chi connectivity index (χ1) is 5.22. The van der Waals surface area contributed by atoms with E-state index in [1.165, 1.54) is 5.19 Å². The van der Waals surface area contributed by atoms with Crippen LogP contribution in [0.15, 0.2) is 30.3 Å². The summed E-state index contributed by atoms with van der Waals surface area (Å²) < 4.78 is 0. The standard InChI is InChI=1S/C10H14Si/c1-9(2)11(3)10-7-5-4-6-8-10/h4-8H,1-3H3. The van der Waals surface area contributed by atoms with E-state index in [0.29, 0.717) is 0 Å². The van der Waals surface area contributed by atoms with Crippen LogP contribution in [-0.2, 0) is 0 Å². The van der Waals surface area contributed by atoms with E-state index in [-0.39, 0.29) is 8.41 Å². The van der Waals surface area contributed by atoms with E-state index in [9.17, 15) is 0 Å². The average Bonchev–Trinajstić information content (AvgIpc) is 2.05. The molecule has 0 aliphatic carbocycles. The van der Waals surface area contributed by atoms with Gasteiger partial charge in [-0.2, -0.15) is 0 Å². The molecule has 0 atom stereocenters. The second-order valence-corrected chi connectivity index (χ2v) is 5.82. The molecule has 0 spiro atoms. The summed E-state index contributed by atoms with van der Waals surface area (Å²) in [6, 6.07) is 10.8. The van der Waals surface area contributed by atoms with Gasteiger partial charge in [-0.25, -0.2) is 0 Å². The summed E-state index contributed by atoms with van der Waals surface area (Å²) in [4.78, 5) is 0. The minimum absolute atomic E-state index is 0.368. The Balaban J connectivity index is 3.04. The van der Waals surface area contributed by atoms with Gasteiger partial charge in [0.1, 0.15) is 0 Å². The first-order valence-corrected chi connectivity index (χ1v) is 5.91. The third kappa shape index (κ3) is 2.12. The van der Waals surface area contributed by atoms with Crippen LogP contribution in [0.3, 0.4) is 0 Å². The highest BCUT2D eigenvalue weighted by Crippen LogP contribution is 1.84. The summed E-state index contributed by atoms with van der Waals surface area (Å²) >= 11 is 0. The molecule has 0 saturated carbocycles. The molecular formula is C10H14Si. The Morgan fingerprint density at radius 3 is 2.09 bits per heavy atom. The molecule has 0 aromatic heterocycles. The summed E-state index contributed by atoms with van der Waals surface area (Å²) in [5.41, 5.74) is 0. The zero-order valence-electron chi connectivity index (χ0n) is 7.39. The van der Waals surface area contributed by atoms with Crippen LogP contribution in [0, 0.1) is 0 Å². The maximum atomic E-state index is 2.34. The molecular weight excluding hydrogens is 148 g/mol. The fourth-order valence-corrected chi connectivity index (χ4v) is 2.25. The Bertz CT molecular complexity index is 255. The molecule has 11 heavy (non-hydrogen) atoms. The Hall–Kier alpha value is -0.693. The van der Waals surface area contributed by atoms with Crippen molar-refractivity contribution in [1.82, 2.24) is 0 Å². The lowest BCUT2D eigenvalue weighted by Gasteiger charge is -2.01. The molecule has 0 saturated heterocycles. The van der Waals surface area contributed by atoms with Crippen molar-refractivity contribution in [2.24, 2.45) is 0 Å². The van der Waals surface area contributed by atoms with Gasteiger partial charge in [-0.3, -0.25) is 0 Å². The summed E-state index contributed by atoms with van der Waals surface area (Å²) in [6.07, 6.45) is 0. The first-order valence-electron chi connectivity index (χ1n) is 3.91. The second-order valence-electron chi connectivity index (χ2n) is 2.99. The van der Waals surface area contributed by atoms with Crippen molar-refractivity contribution in [2.75, 3.05) is 0 Å². The molecule has 1 aromatic rings. The number of benzene rings is 1. The predicted molar refractivity (Wildman–Crippen MR) is 54.0 cm³/mol. The van der Waals surface area contributed by atoms with Gasteiger partial charge in [0.25, 0.3) is 0 Å². The highest BCUT2D eigenvalue weighted by molar-refractivity contribution is 6.80. The molecule has 1 aromatic carbocycles. The lowest BCUT2D eigenvalue weighted by atomic mass is 10.4. The van der Waals surface area contributed by atoms with Crippen LogP contribution < -0.4 is 5.19 Å². The molecule has 0 amide bonds. The van der Waals surface area contributed by atoms with Crippen LogP contribution in [0.4, 0.5) is 0 Å². The Morgan fingerprint density at radius 2 is 1.64 bits per heavy atom. The number of hydrogen-bond donors (Lipinski definition) is 0. The van der Waals surface area contributed by atoms with Crippen LogP contribution in [0.5, 0.6) is 0 Å². The van der Waals surface area contributed by atoms with E-state index in [4.69, 9.17) is 0 Å². The maximum absolute atomic E-state index is 2.34. The van der Waals surface area contributed by atoms with Gasteiger partial charge < -0.3 is 0 Å². The van der Waals surface area contributed by atoms with E-state index < -0.39 is 0 Å². The molecule has 0 radical (unpaired) electrons. The van der Waals surface area contributed by atoms with Gasteiger partial charge in [0, 0.05) is 8.41 Å². The predicted octanol–water partition coefficient (Wildman–Crippen LogP) is 1.81. The van der Waals surface area contributed by atoms with Crippen LogP contribution in [-0.4, -0.2) is 13.6 Å². The van der Waals surface area contributed by atoms with Gasteiger partial charge >= 0.3 is 0 Å². The number of rotatable bonds is 1. The molecule has 0 aliphatic heterocycles. The van der Waals surface area contributed by atoms with E-state index in [1.807, 2.05) is 0 Å². The third-order valence-corrected chi connectivity index (χ3v) is 4.66. The molecule has 0 unspecified atom stereocenters. The summed E-state index contributed by atoms with van der Waals surface area (Å²) in [5.74, 6) is 0. The summed E-state index contributed by atoms with van der Waals surface area (Å²) in [7, 11) is -0.368. The number of hydrogen-bond acceptors (Lipinski definition) is 0. The summed E-state index contributed by atoms with van der Waals surface area (Å²) in [6.45, 7) is 6.79. The van der Waals surface area contributed by atoms with E-state index >= 15 is 0 Å². The maximum Gasteiger partial charge on any atom is 0.0411 e. The summed E-state index contributed by atoms with van der Waals surface area (Å²) in [5, 5.41) is 3.08. The van der Waals surface area contributed by atoms with Crippen LogP contribution >= 0.6 is 0 Å². The quantitative estimate of drug-likeness (QED) is 0.553. The lowest BCUT2D eigenvalue weighted by Crippen LogP contribution is -2.22. The van der Waals surface area contributed by atoms with Gasteiger partial charge in [0.05, 0.1) is 0 Å². The van der Waals surface area contributed by atoms with Crippen molar-refractivity contribution in [3.63, 3.8) is 0 Å².